The van der Waals surface area contributed by atoms with Crippen molar-refractivity contribution >= 4 is 11.3 Å². The van der Waals surface area contributed by atoms with E-state index in [1.54, 1.807) is 0 Å². The van der Waals surface area contributed by atoms with Gasteiger partial charge in [-0.25, -0.2) is 5.10 Å². The zero-order chi connectivity index (χ0) is 16.6. The molecule has 23 heavy (non-hydrogen) atoms. The molecular formula is C19H36N2OS. The molecule has 0 saturated heterocycles. The Bertz CT molecular complexity index is 414. The van der Waals surface area contributed by atoms with E-state index in [4.69, 9.17) is 0 Å². The number of rotatable bonds is 16. The molecule has 4 heteroatoms. The van der Waals surface area contributed by atoms with E-state index in [1.165, 1.54) is 108 Å². The molecule has 1 heterocycles. The maximum absolute atomic E-state index is 11.0. The molecule has 0 atom stereocenters. The van der Waals surface area contributed by atoms with Crippen molar-refractivity contribution < 1.29 is 0 Å². The van der Waals surface area contributed by atoms with Crippen molar-refractivity contribution in [2.75, 3.05) is 0 Å². The fourth-order valence-corrected chi connectivity index (χ4v) is 3.66. The smallest absolute Gasteiger partial charge is 0.255 e. The van der Waals surface area contributed by atoms with Gasteiger partial charge >= 0.3 is 4.87 Å². The van der Waals surface area contributed by atoms with E-state index in [-0.39, 0.29) is 4.87 Å². The average Bonchev–Trinajstić information content (AvgIpc) is 2.96. The number of nitrogens with one attached hydrogen (secondary N) is 1. The van der Waals surface area contributed by atoms with E-state index >= 15 is 0 Å². The first-order valence-corrected chi connectivity index (χ1v) is 10.7. The van der Waals surface area contributed by atoms with Gasteiger partial charge in [-0.2, -0.15) is 5.10 Å². The van der Waals surface area contributed by atoms with Crippen LogP contribution in [-0.4, -0.2) is 10.2 Å². The summed E-state index contributed by atoms with van der Waals surface area (Å²) >= 11 is 1.25. The molecule has 0 bridgehead atoms. The molecule has 0 aliphatic heterocycles. The van der Waals surface area contributed by atoms with Crippen molar-refractivity contribution in [1.29, 1.82) is 0 Å². The molecule has 0 fully saturated rings. The van der Waals surface area contributed by atoms with Crippen molar-refractivity contribution in [3.05, 3.63) is 14.7 Å². The summed E-state index contributed by atoms with van der Waals surface area (Å²) in [5.41, 5.74) is 0. The maximum Gasteiger partial charge on any atom is 0.322 e. The number of hydrogen-bond acceptors (Lipinski definition) is 3. The normalized spacial score (nSPS) is 11.2. The Balaban J connectivity index is 1.72. The van der Waals surface area contributed by atoms with Gasteiger partial charge in [0.15, 0.2) is 0 Å². The summed E-state index contributed by atoms with van der Waals surface area (Å²) < 4.78 is 0. The van der Waals surface area contributed by atoms with Gasteiger partial charge in [0, 0.05) is 6.42 Å². The lowest BCUT2D eigenvalue weighted by Gasteiger charge is -2.03. The monoisotopic (exact) mass is 340 g/mol. The summed E-state index contributed by atoms with van der Waals surface area (Å²) in [6, 6.07) is 0. The summed E-state index contributed by atoms with van der Waals surface area (Å²) in [7, 11) is 0. The highest BCUT2D eigenvalue weighted by Gasteiger charge is 1.99. The SMILES string of the molecule is CCCCCCCCCCCCCCCCCc1n[nH]c(=O)s1. The van der Waals surface area contributed by atoms with Crippen molar-refractivity contribution in [1.82, 2.24) is 10.2 Å². The van der Waals surface area contributed by atoms with Gasteiger partial charge in [0.1, 0.15) is 5.01 Å². The molecule has 0 amide bonds. The van der Waals surface area contributed by atoms with Gasteiger partial charge in [-0.3, -0.25) is 4.79 Å². The minimum Gasteiger partial charge on any atom is -0.255 e. The molecule has 0 unspecified atom stereocenters. The molecule has 0 aromatic carbocycles. The van der Waals surface area contributed by atoms with Crippen LogP contribution in [0.1, 0.15) is 108 Å². The van der Waals surface area contributed by atoms with E-state index in [2.05, 4.69) is 17.1 Å². The van der Waals surface area contributed by atoms with Crippen LogP contribution in [0.4, 0.5) is 0 Å². The van der Waals surface area contributed by atoms with Crippen molar-refractivity contribution in [2.24, 2.45) is 0 Å². The predicted octanol–water partition coefficient (Wildman–Crippen LogP) is 6.25. The third kappa shape index (κ3) is 12.4. The fourth-order valence-electron chi connectivity index (χ4n) is 3.02. The number of nitrogens with zero attached hydrogens (tertiary/aromatic N) is 1. The number of unbranched alkanes of at least 4 members (excludes halogenated alkanes) is 14. The maximum atomic E-state index is 11.0. The van der Waals surface area contributed by atoms with Gasteiger partial charge in [0.25, 0.3) is 0 Å². The van der Waals surface area contributed by atoms with Gasteiger partial charge in [-0.1, -0.05) is 108 Å². The number of aromatic amines is 1. The lowest BCUT2D eigenvalue weighted by molar-refractivity contribution is 0.532. The molecule has 0 aliphatic carbocycles. The van der Waals surface area contributed by atoms with Crippen LogP contribution in [0.2, 0.25) is 0 Å². The van der Waals surface area contributed by atoms with Crippen molar-refractivity contribution in [3.63, 3.8) is 0 Å². The highest BCUT2D eigenvalue weighted by molar-refractivity contribution is 7.08. The van der Waals surface area contributed by atoms with Crippen LogP contribution >= 0.6 is 11.3 Å². The minimum atomic E-state index is -0.0269. The van der Waals surface area contributed by atoms with E-state index in [1.807, 2.05) is 0 Å². The predicted molar refractivity (Wildman–Crippen MR) is 101 cm³/mol. The second-order valence-electron chi connectivity index (χ2n) is 6.71. The van der Waals surface area contributed by atoms with Crippen molar-refractivity contribution in [3.8, 4) is 0 Å². The molecule has 0 aliphatic rings. The number of aryl methyl sites for hydroxylation is 1. The fraction of sp³-hybridized carbons (Fsp3) is 0.895. The Hall–Kier alpha value is -0.640. The van der Waals surface area contributed by atoms with Crippen LogP contribution in [0, 0.1) is 0 Å². The zero-order valence-electron chi connectivity index (χ0n) is 15.1. The van der Waals surface area contributed by atoms with Crippen LogP contribution in [-0.2, 0) is 6.42 Å². The first-order valence-electron chi connectivity index (χ1n) is 9.87. The minimum absolute atomic E-state index is 0.0269. The zero-order valence-corrected chi connectivity index (χ0v) is 15.9. The van der Waals surface area contributed by atoms with Crippen LogP contribution in [0.3, 0.4) is 0 Å². The van der Waals surface area contributed by atoms with Crippen LogP contribution in [0.15, 0.2) is 4.79 Å². The Kier molecular flexibility index (Phi) is 13.2. The van der Waals surface area contributed by atoms with Gasteiger partial charge in [-0.05, 0) is 6.42 Å². The van der Waals surface area contributed by atoms with Gasteiger partial charge in [-0.15, -0.1) is 0 Å². The summed E-state index contributed by atoms with van der Waals surface area (Å²) in [6.07, 6.45) is 21.8. The standard InChI is InChI=1S/C19H36N2OS/c1-2-3-4-5-6-7-8-9-10-11-12-13-14-15-16-17-18-20-21-19(22)23-18/h2-17H2,1H3,(H,21,22). The lowest BCUT2D eigenvalue weighted by Crippen LogP contribution is -1.90. The summed E-state index contributed by atoms with van der Waals surface area (Å²) in [4.78, 5) is 10.9. The highest BCUT2D eigenvalue weighted by Crippen LogP contribution is 2.14. The third-order valence-electron chi connectivity index (χ3n) is 4.48. The van der Waals surface area contributed by atoms with E-state index in [0.717, 1.165) is 11.4 Å². The molecule has 1 aromatic heterocycles. The molecule has 1 aromatic rings. The first kappa shape index (κ1) is 20.4. The summed E-state index contributed by atoms with van der Waals surface area (Å²) in [5, 5.41) is 7.45. The molecule has 0 radical (unpaired) electrons. The first-order chi connectivity index (χ1) is 11.3. The average molecular weight is 341 g/mol. The highest BCUT2D eigenvalue weighted by atomic mass is 32.1. The van der Waals surface area contributed by atoms with Crippen molar-refractivity contribution in [2.45, 2.75) is 110 Å². The van der Waals surface area contributed by atoms with E-state index < -0.39 is 0 Å². The molecule has 1 N–H and O–H groups in total. The topological polar surface area (TPSA) is 45.8 Å². The molecule has 0 saturated carbocycles. The van der Waals surface area contributed by atoms with E-state index in [9.17, 15) is 4.79 Å². The Morgan fingerprint density at radius 2 is 1.17 bits per heavy atom. The molecule has 0 spiro atoms. The Morgan fingerprint density at radius 3 is 1.57 bits per heavy atom. The van der Waals surface area contributed by atoms with Crippen LogP contribution in [0.25, 0.3) is 0 Å². The molecule has 1 rings (SSSR count). The van der Waals surface area contributed by atoms with Crippen LogP contribution < -0.4 is 4.87 Å². The molecule has 134 valence electrons. The second kappa shape index (κ2) is 14.9. The van der Waals surface area contributed by atoms with Gasteiger partial charge in [0.05, 0.1) is 0 Å². The number of aromatic nitrogens is 2. The quantitative estimate of drug-likeness (QED) is 0.362. The Labute approximate surface area is 146 Å². The van der Waals surface area contributed by atoms with Gasteiger partial charge in [0.2, 0.25) is 0 Å². The Morgan fingerprint density at radius 1 is 0.739 bits per heavy atom. The van der Waals surface area contributed by atoms with Gasteiger partial charge < -0.3 is 0 Å². The third-order valence-corrected chi connectivity index (χ3v) is 5.28. The summed E-state index contributed by atoms with van der Waals surface area (Å²) in [6.45, 7) is 2.28. The van der Waals surface area contributed by atoms with E-state index in [0.29, 0.717) is 0 Å². The number of hydrogen-bond donors (Lipinski definition) is 1. The number of H-pyrrole nitrogens is 1. The second-order valence-corrected chi connectivity index (χ2v) is 7.75. The summed E-state index contributed by atoms with van der Waals surface area (Å²) in [5.74, 6) is 0. The van der Waals surface area contributed by atoms with Crippen LogP contribution in [0.5, 0.6) is 0 Å². The molecular weight excluding hydrogens is 304 g/mol. The molecule has 3 nitrogen and oxygen atoms in total. The lowest BCUT2D eigenvalue weighted by atomic mass is 10.0. The largest absolute Gasteiger partial charge is 0.322 e.